The second-order valence-corrected chi connectivity index (χ2v) is 6.08. The molecule has 0 saturated heterocycles. The molecule has 2 aromatic rings. The lowest BCUT2D eigenvalue weighted by atomic mass is 10.2. The van der Waals surface area contributed by atoms with Crippen LogP contribution < -0.4 is 5.32 Å². The Bertz CT molecular complexity index is 718. The molecule has 0 atom stereocenters. The second kappa shape index (κ2) is 6.64. The molecule has 1 amide bonds. The molecule has 0 fully saturated rings. The first-order valence-corrected chi connectivity index (χ1v) is 7.30. The number of ether oxygens (including phenoxy) is 1. The van der Waals surface area contributed by atoms with Gasteiger partial charge in [0.1, 0.15) is 11.2 Å². The van der Waals surface area contributed by atoms with Crippen molar-refractivity contribution in [3.63, 3.8) is 0 Å². The quantitative estimate of drug-likeness (QED) is 0.815. The van der Waals surface area contributed by atoms with Crippen LogP contribution in [0.2, 0.25) is 0 Å². The lowest BCUT2D eigenvalue weighted by molar-refractivity contribution is 0.0526. The topological polar surface area (TPSA) is 106 Å². The van der Waals surface area contributed by atoms with E-state index in [4.69, 9.17) is 9.84 Å². The Kier molecular flexibility index (Phi) is 4.83. The molecule has 2 N–H and O–H groups in total. The minimum atomic E-state index is -1.06. The summed E-state index contributed by atoms with van der Waals surface area (Å²) in [6.45, 7) is 5.86. The Balaban J connectivity index is 1.89. The van der Waals surface area contributed by atoms with Crippen molar-refractivity contribution >= 4 is 17.7 Å². The number of carboxylic acid groups (broad SMARTS) is 1. The first-order chi connectivity index (χ1) is 10.8. The summed E-state index contributed by atoms with van der Waals surface area (Å²) in [5.74, 6) is -1.06. The highest BCUT2D eigenvalue weighted by Crippen LogP contribution is 2.10. The van der Waals surface area contributed by atoms with Gasteiger partial charge >= 0.3 is 12.1 Å². The molecule has 23 heavy (non-hydrogen) atoms. The zero-order valence-electron chi connectivity index (χ0n) is 13.4. The molecule has 0 aliphatic heterocycles. The second-order valence-electron chi connectivity index (χ2n) is 6.08. The molecule has 8 nitrogen and oxygen atoms in total. The predicted octanol–water partition coefficient (Wildman–Crippen LogP) is 1.88. The van der Waals surface area contributed by atoms with Gasteiger partial charge in [-0.05, 0) is 39.7 Å². The maximum Gasteiger partial charge on any atom is 0.407 e. The average Bonchev–Trinajstić information content (AvgIpc) is 2.85. The summed E-state index contributed by atoms with van der Waals surface area (Å²) in [4.78, 5) is 26.9. The van der Waals surface area contributed by atoms with Crippen molar-refractivity contribution in [3.8, 4) is 0 Å². The molecular formula is C15H20N4O4. The number of carbonyl (C=O) groups excluding carboxylic acids is 1. The highest BCUT2D eigenvalue weighted by molar-refractivity contribution is 5.94. The normalized spacial score (nSPS) is 11.4. The Hall–Kier alpha value is -2.64. The van der Waals surface area contributed by atoms with Crippen LogP contribution in [-0.4, -0.2) is 43.9 Å². The average molecular weight is 320 g/mol. The van der Waals surface area contributed by atoms with E-state index >= 15 is 0 Å². The lowest BCUT2D eigenvalue weighted by Gasteiger charge is -2.19. The molecule has 124 valence electrons. The van der Waals surface area contributed by atoms with Crippen molar-refractivity contribution in [3.05, 3.63) is 29.7 Å². The SMILES string of the molecule is CC(C)(C)OC(=O)NCCCc1ccn2ncc(C(=O)O)c2n1. The van der Waals surface area contributed by atoms with E-state index in [1.54, 1.807) is 33.0 Å². The van der Waals surface area contributed by atoms with E-state index in [9.17, 15) is 9.59 Å². The molecule has 0 aromatic carbocycles. The molecule has 2 aromatic heterocycles. The van der Waals surface area contributed by atoms with Crippen molar-refractivity contribution in [2.24, 2.45) is 0 Å². The standard InChI is InChI=1S/C15H20N4O4/c1-15(2,3)23-14(22)16-7-4-5-10-6-8-19-12(18-10)11(9-17-19)13(20)21/h6,8-9H,4-5,7H2,1-3H3,(H,16,22)(H,20,21). The van der Waals surface area contributed by atoms with E-state index in [1.807, 2.05) is 0 Å². The third-order valence-electron chi connectivity index (χ3n) is 2.94. The van der Waals surface area contributed by atoms with Gasteiger partial charge in [-0.25, -0.2) is 19.1 Å². The van der Waals surface area contributed by atoms with Gasteiger partial charge in [-0.3, -0.25) is 0 Å². The number of carboxylic acids is 1. The summed E-state index contributed by atoms with van der Waals surface area (Å²) in [6.07, 6.45) is 3.77. The first kappa shape index (κ1) is 16.7. The highest BCUT2D eigenvalue weighted by atomic mass is 16.6. The molecule has 0 aliphatic rings. The molecule has 0 saturated carbocycles. The predicted molar refractivity (Wildman–Crippen MR) is 82.5 cm³/mol. The zero-order valence-corrected chi connectivity index (χ0v) is 13.4. The molecule has 8 heteroatoms. The van der Waals surface area contributed by atoms with Gasteiger partial charge in [0.15, 0.2) is 5.65 Å². The van der Waals surface area contributed by atoms with Crippen LogP contribution in [0.4, 0.5) is 4.79 Å². The van der Waals surface area contributed by atoms with Crippen LogP contribution >= 0.6 is 0 Å². The van der Waals surface area contributed by atoms with Crippen LogP contribution in [0.3, 0.4) is 0 Å². The Morgan fingerprint density at radius 2 is 2.13 bits per heavy atom. The van der Waals surface area contributed by atoms with E-state index in [1.165, 1.54) is 10.7 Å². The van der Waals surface area contributed by atoms with Crippen molar-refractivity contribution in [1.82, 2.24) is 19.9 Å². The molecule has 0 unspecified atom stereocenters. The Morgan fingerprint density at radius 1 is 1.39 bits per heavy atom. The third kappa shape index (κ3) is 4.67. The number of hydrogen-bond acceptors (Lipinski definition) is 5. The number of hydrogen-bond donors (Lipinski definition) is 2. The van der Waals surface area contributed by atoms with Gasteiger partial charge in [0, 0.05) is 18.4 Å². The summed E-state index contributed by atoms with van der Waals surface area (Å²) < 4.78 is 6.56. The number of fused-ring (bicyclic) bond motifs is 1. The molecule has 2 rings (SSSR count). The maximum atomic E-state index is 11.5. The fraction of sp³-hybridized carbons (Fsp3) is 0.467. The van der Waals surface area contributed by atoms with E-state index in [0.717, 1.165) is 5.69 Å². The molecule has 2 heterocycles. The fourth-order valence-electron chi connectivity index (χ4n) is 1.97. The minimum absolute atomic E-state index is 0.0683. The number of nitrogens with zero attached hydrogens (tertiary/aromatic N) is 3. The van der Waals surface area contributed by atoms with E-state index in [2.05, 4.69) is 15.4 Å². The number of alkyl carbamates (subject to hydrolysis) is 1. The van der Waals surface area contributed by atoms with Gasteiger partial charge in [-0.1, -0.05) is 0 Å². The zero-order chi connectivity index (χ0) is 17.0. The Morgan fingerprint density at radius 3 is 2.78 bits per heavy atom. The number of amides is 1. The van der Waals surface area contributed by atoms with E-state index < -0.39 is 17.7 Å². The van der Waals surface area contributed by atoms with Crippen LogP contribution in [0.5, 0.6) is 0 Å². The Labute approximate surface area is 133 Å². The summed E-state index contributed by atoms with van der Waals surface area (Å²) in [7, 11) is 0. The fourth-order valence-corrected chi connectivity index (χ4v) is 1.97. The van der Waals surface area contributed by atoms with Crippen molar-refractivity contribution in [2.45, 2.75) is 39.2 Å². The van der Waals surface area contributed by atoms with Crippen molar-refractivity contribution in [1.29, 1.82) is 0 Å². The lowest BCUT2D eigenvalue weighted by Crippen LogP contribution is -2.33. The maximum absolute atomic E-state index is 11.5. The van der Waals surface area contributed by atoms with Crippen molar-refractivity contribution in [2.75, 3.05) is 6.54 Å². The summed E-state index contributed by atoms with van der Waals surface area (Å²) in [5, 5.41) is 15.7. The number of aromatic carboxylic acids is 1. The first-order valence-electron chi connectivity index (χ1n) is 7.30. The number of aromatic nitrogens is 3. The van der Waals surface area contributed by atoms with Gasteiger partial charge in [0.2, 0.25) is 0 Å². The number of nitrogens with one attached hydrogen (secondary N) is 1. The smallest absolute Gasteiger partial charge is 0.407 e. The van der Waals surface area contributed by atoms with Crippen molar-refractivity contribution < 1.29 is 19.4 Å². The van der Waals surface area contributed by atoms with E-state index in [0.29, 0.717) is 25.0 Å². The number of rotatable bonds is 5. The van der Waals surface area contributed by atoms with Crippen LogP contribution in [0.1, 0.15) is 43.2 Å². The van der Waals surface area contributed by atoms with Crippen LogP contribution in [0, 0.1) is 0 Å². The van der Waals surface area contributed by atoms with Crippen LogP contribution in [0.15, 0.2) is 18.5 Å². The molecular weight excluding hydrogens is 300 g/mol. The molecule has 0 spiro atoms. The monoisotopic (exact) mass is 320 g/mol. The van der Waals surface area contributed by atoms with Gasteiger partial charge in [0.05, 0.1) is 6.20 Å². The minimum Gasteiger partial charge on any atom is -0.477 e. The van der Waals surface area contributed by atoms with Gasteiger partial charge in [0.25, 0.3) is 0 Å². The highest BCUT2D eigenvalue weighted by Gasteiger charge is 2.15. The summed E-state index contributed by atoms with van der Waals surface area (Å²) in [5.41, 5.74) is 0.603. The largest absolute Gasteiger partial charge is 0.477 e. The molecule has 0 bridgehead atoms. The molecule has 0 aliphatic carbocycles. The van der Waals surface area contributed by atoms with Crippen LogP contribution in [-0.2, 0) is 11.2 Å². The third-order valence-corrected chi connectivity index (χ3v) is 2.94. The van der Waals surface area contributed by atoms with E-state index in [-0.39, 0.29) is 5.56 Å². The van der Waals surface area contributed by atoms with Gasteiger partial charge in [-0.15, -0.1) is 0 Å². The number of carbonyl (C=O) groups is 2. The summed E-state index contributed by atoms with van der Waals surface area (Å²) in [6, 6.07) is 1.78. The number of aryl methyl sites for hydroxylation is 1. The van der Waals surface area contributed by atoms with Gasteiger partial charge < -0.3 is 15.2 Å². The summed E-state index contributed by atoms with van der Waals surface area (Å²) >= 11 is 0. The van der Waals surface area contributed by atoms with Gasteiger partial charge in [-0.2, -0.15) is 5.10 Å². The molecule has 0 radical (unpaired) electrons. The van der Waals surface area contributed by atoms with Crippen LogP contribution in [0.25, 0.3) is 5.65 Å².